The first kappa shape index (κ1) is 17.7. The summed E-state index contributed by atoms with van der Waals surface area (Å²) in [5, 5.41) is 6.38. The fourth-order valence-electron chi connectivity index (χ4n) is 2.51. The van der Waals surface area contributed by atoms with Gasteiger partial charge in [-0.05, 0) is 41.3 Å². The number of rotatable bonds is 6. The molecule has 1 heterocycles. The molecule has 134 valence electrons. The van der Waals surface area contributed by atoms with Gasteiger partial charge in [-0.2, -0.15) is 0 Å². The van der Waals surface area contributed by atoms with Crippen LogP contribution in [0.4, 0.5) is 27.4 Å². The third kappa shape index (κ3) is 4.27. The predicted octanol–water partition coefficient (Wildman–Crippen LogP) is 4.68. The van der Waals surface area contributed by atoms with Crippen LogP contribution in [-0.2, 0) is 6.54 Å². The lowest BCUT2D eigenvalue weighted by molar-refractivity contribution is 0.627. The Morgan fingerprint density at radius 3 is 2.27 bits per heavy atom. The molecule has 0 unspecified atom stereocenters. The second-order valence-corrected chi connectivity index (χ2v) is 6.37. The van der Waals surface area contributed by atoms with E-state index in [4.69, 9.17) is 5.73 Å². The summed E-state index contributed by atoms with van der Waals surface area (Å²) in [6.45, 7) is 4.80. The Balaban J connectivity index is 1.71. The van der Waals surface area contributed by atoms with Crippen molar-refractivity contribution in [3.8, 4) is 0 Å². The number of halogens is 1. The summed E-state index contributed by atoms with van der Waals surface area (Å²) >= 11 is 0. The van der Waals surface area contributed by atoms with Crippen LogP contribution < -0.4 is 16.4 Å². The van der Waals surface area contributed by atoms with Crippen molar-refractivity contribution in [2.45, 2.75) is 26.3 Å². The number of hydrogen-bond acceptors (Lipinski definition) is 5. The minimum atomic E-state index is -0.259. The third-order valence-electron chi connectivity index (χ3n) is 4.10. The summed E-state index contributed by atoms with van der Waals surface area (Å²) in [6, 6.07) is 14.5. The number of nitrogens with two attached hydrogens (primary N) is 1. The van der Waals surface area contributed by atoms with Gasteiger partial charge in [0.05, 0.1) is 0 Å². The van der Waals surface area contributed by atoms with Crippen molar-refractivity contribution < 1.29 is 4.39 Å². The lowest BCUT2D eigenvalue weighted by atomic mass is 10.0. The van der Waals surface area contributed by atoms with E-state index in [9.17, 15) is 4.39 Å². The van der Waals surface area contributed by atoms with Crippen LogP contribution in [0, 0.1) is 5.82 Å². The number of benzene rings is 2. The van der Waals surface area contributed by atoms with Gasteiger partial charge < -0.3 is 16.4 Å². The van der Waals surface area contributed by atoms with Crippen LogP contribution in [0.3, 0.4) is 0 Å². The van der Waals surface area contributed by atoms with Crippen molar-refractivity contribution in [2.24, 2.45) is 0 Å². The van der Waals surface area contributed by atoms with E-state index in [1.54, 1.807) is 12.1 Å². The Morgan fingerprint density at radius 2 is 1.62 bits per heavy atom. The molecule has 0 aliphatic carbocycles. The molecule has 0 spiro atoms. The summed E-state index contributed by atoms with van der Waals surface area (Å²) in [5.74, 6) is 1.30. The molecule has 0 atom stereocenters. The molecule has 0 saturated carbocycles. The molecule has 3 rings (SSSR count). The fraction of sp³-hybridized carbons (Fsp3) is 0.200. The molecule has 0 fully saturated rings. The lowest BCUT2D eigenvalue weighted by Crippen LogP contribution is -2.08. The van der Waals surface area contributed by atoms with Crippen molar-refractivity contribution in [1.29, 1.82) is 0 Å². The molecular weight excluding hydrogens is 329 g/mol. The quantitative estimate of drug-likeness (QED) is 0.601. The van der Waals surface area contributed by atoms with Gasteiger partial charge in [0.2, 0.25) is 0 Å². The van der Waals surface area contributed by atoms with E-state index >= 15 is 0 Å². The summed E-state index contributed by atoms with van der Waals surface area (Å²) in [7, 11) is 0. The van der Waals surface area contributed by atoms with Crippen molar-refractivity contribution in [3.63, 3.8) is 0 Å². The maximum Gasteiger partial charge on any atom is 0.159 e. The van der Waals surface area contributed by atoms with E-state index in [-0.39, 0.29) is 5.82 Å². The first-order valence-electron chi connectivity index (χ1n) is 8.48. The first-order valence-corrected chi connectivity index (χ1v) is 8.48. The van der Waals surface area contributed by atoms with Gasteiger partial charge in [0.25, 0.3) is 0 Å². The van der Waals surface area contributed by atoms with Crippen molar-refractivity contribution in [1.82, 2.24) is 9.97 Å². The van der Waals surface area contributed by atoms with Gasteiger partial charge in [0, 0.05) is 12.2 Å². The Bertz CT molecular complexity index is 860. The summed E-state index contributed by atoms with van der Waals surface area (Å²) < 4.78 is 13.0. The van der Waals surface area contributed by atoms with E-state index in [0.29, 0.717) is 29.8 Å². The summed E-state index contributed by atoms with van der Waals surface area (Å²) in [5.41, 5.74) is 9.73. The summed E-state index contributed by atoms with van der Waals surface area (Å²) in [4.78, 5) is 8.41. The number of hydrogen-bond donors (Lipinski definition) is 3. The van der Waals surface area contributed by atoms with Crippen LogP contribution in [0.5, 0.6) is 0 Å². The highest BCUT2D eigenvalue weighted by molar-refractivity contribution is 5.77. The van der Waals surface area contributed by atoms with E-state index in [0.717, 1.165) is 11.3 Å². The topological polar surface area (TPSA) is 75.9 Å². The highest BCUT2D eigenvalue weighted by Gasteiger charge is 2.09. The molecule has 0 saturated heterocycles. The van der Waals surface area contributed by atoms with Crippen LogP contribution in [0.25, 0.3) is 0 Å². The smallest absolute Gasteiger partial charge is 0.159 e. The standard InChI is InChI=1S/C20H22FN5/c1-13(2)15-5-9-17(10-6-15)26-20-18(22)19(24-12-25-20)23-11-14-3-7-16(21)8-4-14/h3-10,12-13H,11,22H2,1-2H3,(H2,23,24,25,26). The molecule has 6 heteroatoms. The second kappa shape index (κ2) is 7.82. The van der Waals surface area contributed by atoms with Gasteiger partial charge in [0.1, 0.15) is 17.8 Å². The van der Waals surface area contributed by atoms with Crippen LogP contribution in [0.2, 0.25) is 0 Å². The molecule has 2 aromatic carbocycles. The zero-order valence-corrected chi connectivity index (χ0v) is 14.8. The second-order valence-electron chi connectivity index (χ2n) is 6.37. The van der Waals surface area contributed by atoms with Crippen molar-refractivity contribution >= 4 is 23.0 Å². The molecule has 26 heavy (non-hydrogen) atoms. The molecule has 4 N–H and O–H groups in total. The molecule has 5 nitrogen and oxygen atoms in total. The fourth-order valence-corrected chi connectivity index (χ4v) is 2.51. The molecule has 3 aromatic rings. The zero-order valence-electron chi connectivity index (χ0n) is 14.8. The summed E-state index contributed by atoms with van der Waals surface area (Å²) in [6.07, 6.45) is 1.45. The van der Waals surface area contributed by atoms with Gasteiger partial charge in [-0.1, -0.05) is 38.1 Å². The Kier molecular flexibility index (Phi) is 5.31. The number of aromatic nitrogens is 2. The van der Waals surface area contributed by atoms with Crippen molar-refractivity contribution in [3.05, 3.63) is 71.8 Å². The maximum atomic E-state index is 13.0. The average Bonchev–Trinajstić information content (AvgIpc) is 2.64. The molecular formula is C20H22FN5. The molecule has 0 radical (unpaired) electrons. The largest absolute Gasteiger partial charge is 0.393 e. The molecule has 0 aliphatic rings. The maximum absolute atomic E-state index is 13.0. The van der Waals surface area contributed by atoms with Crippen LogP contribution in [-0.4, -0.2) is 9.97 Å². The van der Waals surface area contributed by atoms with Gasteiger partial charge in [-0.25, -0.2) is 14.4 Å². The van der Waals surface area contributed by atoms with E-state index in [2.05, 4.69) is 46.6 Å². The number of anilines is 4. The minimum Gasteiger partial charge on any atom is -0.393 e. The number of nitrogens with zero attached hydrogens (tertiary/aromatic N) is 2. The third-order valence-corrected chi connectivity index (χ3v) is 4.10. The van der Waals surface area contributed by atoms with Gasteiger partial charge in [0.15, 0.2) is 11.6 Å². The lowest BCUT2D eigenvalue weighted by Gasteiger charge is -2.13. The zero-order chi connectivity index (χ0) is 18.5. The van der Waals surface area contributed by atoms with E-state index in [1.165, 1.54) is 24.0 Å². The molecule has 0 amide bonds. The molecule has 1 aromatic heterocycles. The number of nitrogen functional groups attached to an aromatic ring is 1. The van der Waals surface area contributed by atoms with Crippen LogP contribution in [0.15, 0.2) is 54.9 Å². The Morgan fingerprint density at radius 1 is 0.962 bits per heavy atom. The first-order chi connectivity index (χ1) is 12.5. The normalized spacial score (nSPS) is 10.8. The highest BCUT2D eigenvalue weighted by atomic mass is 19.1. The van der Waals surface area contributed by atoms with Gasteiger partial charge in [-0.3, -0.25) is 0 Å². The van der Waals surface area contributed by atoms with Crippen LogP contribution in [0.1, 0.15) is 30.9 Å². The monoisotopic (exact) mass is 351 g/mol. The van der Waals surface area contributed by atoms with Crippen molar-refractivity contribution in [2.75, 3.05) is 16.4 Å². The SMILES string of the molecule is CC(C)c1ccc(Nc2ncnc(NCc3ccc(F)cc3)c2N)cc1. The van der Waals surface area contributed by atoms with Crippen LogP contribution >= 0.6 is 0 Å². The van der Waals surface area contributed by atoms with Gasteiger partial charge in [-0.15, -0.1) is 0 Å². The minimum absolute atomic E-state index is 0.259. The molecule has 0 aliphatic heterocycles. The van der Waals surface area contributed by atoms with E-state index in [1.807, 2.05) is 12.1 Å². The average molecular weight is 351 g/mol. The van der Waals surface area contributed by atoms with E-state index < -0.39 is 0 Å². The molecule has 0 bridgehead atoms. The Hall–Kier alpha value is -3.15. The highest BCUT2D eigenvalue weighted by Crippen LogP contribution is 2.27. The predicted molar refractivity (Wildman–Crippen MR) is 104 cm³/mol. The van der Waals surface area contributed by atoms with Gasteiger partial charge >= 0.3 is 0 Å². The Labute approximate surface area is 152 Å². The number of nitrogens with one attached hydrogen (secondary N) is 2.